The van der Waals surface area contributed by atoms with Crippen LogP contribution in [0.5, 0.6) is 0 Å². The summed E-state index contributed by atoms with van der Waals surface area (Å²) in [6, 6.07) is 8.24. The van der Waals surface area contributed by atoms with Gasteiger partial charge in [-0.1, -0.05) is 12.1 Å². The lowest BCUT2D eigenvalue weighted by Crippen LogP contribution is -2.32. The van der Waals surface area contributed by atoms with E-state index in [4.69, 9.17) is 5.73 Å². The van der Waals surface area contributed by atoms with E-state index in [2.05, 4.69) is 17.3 Å². The number of nitrogens with zero attached hydrogens (tertiary/aromatic N) is 1. The Kier molecular flexibility index (Phi) is 6.99. The van der Waals surface area contributed by atoms with E-state index in [1.54, 1.807) is 12.1 Å². The number of rotatable bonds is 4. The largest absolute Gasteiger partial charge is 0.366 e. The number of halogens is 1. The van der Waals surface area contributed by atoms with Crippen molar-refractivity contribution in [2.75, 3.05) is 20.1 Å². The lowest BCUT2D eigenvalue weighted by Gasteiger charge is -2.26. The molecule has 2 rings (SSSR count). The van der Waals surface area contributed by atoms with Crippen molar-refractivity contribution in [1.29, 1.82) is 0 Å². The van der Waals surface area contributed by atoms with Crippen LogP contribution in [0.15, 0.2) is 24.3 Å². The average molecular weight is 298 g/mol. The second-order valence-electron chi connectivity index (χ2n) is 5.31. The van der Waals surface area contributed by atoms with E-state index in [-0.39, 0.29) is 18.3 Å². The van der Waals surface area contributed by atoms with Gasteiger partial charge in [-0.25, -0.2) is 0 Å². The Labute approximate surface area is 127 Å². The number of hydrogen-bond donors (Lipinski definition) is 2. The third-order valence-electron chi connectivity index (χ3n) is 3.84. The smallest absolute Gasteiger partial charge is 0.248 e. The molecule has 1 fully saturated rings. The van der Waals surface area contributed by atoms with Crippen LogP contribution >= 0.6 is 12.4 Å². The third kappa shape index (κ3) is 4.78. The first kappa shape index (κ1) is 17.0. The molecule has 1 heterocycles. The van der Waals surface area contributed by atoms with Crippen LogP contribution in [0, 0.1) is 0 Å². The molecule has 0 aromatic heterocycles. The predicted molar refractivity (Wildman–Crippen MR) is 84.2 cm³/mol. The van der Waals surface area contributed by atoms with Crippen molar-refractivity contribution in [2.24, 2.45) is 5.73 Å². The Morgan fingerprint density at radius 3 is 2.65 bits per heavy atom. The van der Waals surface area contributed by atoms with Crippen LogP contribution in [0.2, 0.25) is 0 Å². The standard InChI is InChI=1S/C15H23N3O.ClH/c1-18(14-3-2-9-17-10-8-14)11-12-4-6-13(7-5-12)15(16)19;/h4-7,14,17H,2-3,8-11H2,1H3,(H2,16,19);1H. The maximum Gasteiger partial charge on any atom is 0.248 e. The number of carbonyl (C=O) groups is 1. The molecule has 1 saturated heterocycles. The van der Waals surface area contributed by atoms with Crippen LogP contribution in [0.4, 0.5) is 0 Å². The summed E-state index contributed by atoms with van der Waals surface area (Å²) >= 11 is 0. The molecule has 1 aliphatic heterocycles. The maximum atomic E-state index is 11.0. The molecule has 20 heavy (non-hydrogen) atoms. The first-order chi connectivity index (χ1) is 9.16. The van der Waals surface area contributed by atoms with Crippen molar-refractivity contribution in [3.8, 4) is 0 Å². The van der Waals surface area contributed by atoms with Crippen molar-refractivity contribution < 1.29 is 4.79 Å². The van der Waals surface area contributed by atoms with E-state index >= 15 is 0 Å². The van der Waals surface area contributed by atoms with Crippen molar-refractivity contribution >= 4 is 18.3 Å². The molecule has 0 radical (unpaired) electrons. The van der Waals surface area contributed by atoms with E-state index in [1.165, 1.54) is 24.8 Å². The SMILES string of the molecule is CN(Cc1ccc(C(N)=O)cc1)C1CCCNCC1.Cl. The van der Waals surface area contributed by atoms with Crippen LogP contribution in [0.3, 0.4) is 0 Å². The Morgan fingerprint density at radius 2 is 2.00 bits per heavy atom. The molecule has 0 spiro atoms. The first-order valence-corrected chi connectivity index (χ1v) is 6.96. The highest BCUT2D eigenvalue weighted by Gasteiger charge is 2.16. The molecular weight excluding hydrogens is 274 g/mol. The molecule has 1 aromatic rings. The van der Waals surface area contributed by atoms with Gasteiger partial charge in [-0.05, 0) is 57.1 Å². The van der Waals surface area contributed by atoms with E-state index < -0.39 is 0 Å². The van der Waals surface area contributed by atoms with Crippen LogP contribution < -0.4 is 11.1 Å². The molecule has 4 nitrogen and oxygen atoms in total. The number of nitrogens with one attached hydrogen (secondary N) is 1. The van der Waals surface area contributed by atoms with Gasteiger partial charge in [-0.2, -0.15) is 0 Å². The normalized spacial score (nSPS) is 19.2. The highest BCUT2D eigenvalue weighted by Crippen LogP contribution is 2.15. The van der Waals surface area contributed by atoms with Crippen LogP contribution in [0.25, 0.3) is 0 Å². The molecule has 1 aliphatic rings. The van der Waals surface area contributed by atoms with Gasteiger partial charge in [0.15, 0.2) is 0 Å². The number of hydrogen-bond acceptors (Lipinski definition) is 3. The van der Waals surface area contributed by atoms with Crippen LogP contribution in [0.1, 0.15) is 35.2 Å². The van der Waals surface area contributed by atoms with Gasteiger partial charge in [0, 0.05) is 18.2 Å². The van der Waals surface area contributed by atoms with Crippen LogP contribution in [-0.4, -0.2) is 37.0 Å². The van der Waals surface area contributed by atoms with Crippen molar-refractivity contribution in [2.45, 2.75) is 31.8 Å². The Balaban J connectivity index is 0.00000200. The van der Waals surface area contributed by atoms with Gasteiger partial charge in [0.25, 0.3) is 0 Å². The Hall–Kier alpha value is -1.10. The molecule has 1 aromatic carbocycles. The lowest BCUT2D eigenvalue weighted by atomic mass is 10.1. The van der Waals surface area contributed by atoms with Crippen molar-refractivity contribution in [3.63, 3.8) is 0 Å². The summed E-state index contributed by atoms with van der Waals surface area (Å²) in [5.74, 6) is -0.366. The highest BCUT2D eigenvalue weighted by molar-refractivity contribution is 5.92. The second-order valence-corrected chi connectivity index (χ2v) is 5.31. The third-order valence-corrected chi connectivity index (χ3v) is 3.84. The quantitative estimate of drug-likeness (QED) is 0.891. The zero-order valence-electron chi connectivity index (χ0n) is 12.0. The minimum absolute atomic E-state index is 0. The highest BCUT2D eigenvalue weighted by atomic mass is 35.5. The Bertz CT molecular complexity index is 414. The number of nitrogens with two attached hydrogens (primary N) is 1. The molecular formula is C15H24ClN3O. The molecule has 1 unspecified atom stereocenters. The molecule has 1 atom stereocenters. The zero-order chi connectivity index (χ0) is 13.7. The molecule has 0 bridgehead atoms. The first-order valence-electron chi connectivity index (χ1n) is 6.96. The summed E-state index contributed by atoms with van der Waals surface area (Å²) in [4.78, 5) is 13.4. The van der Waals surface area contributed by atoms with Gasteiger partial charge in [-0.3, -0.25) is 9.69 Å². The van der Waals surface area contributed by atoms with E-state index in [0.29, 0.717) is 11.6 Å². The van der Waals surface area contributed by atoms with Gasteiger partial charge in [-0.15, -0.1) is 12.4 Å². The van der Waals surface area contributed by atoms with Gasteiger partial charge in [0.1, 0.15) is 0 Å². The summed E-state index contributed by atoms with van der Waals surface area (Å²) < 4.78 is 0. The maximum absolute atomic E-state index is 11.0. The fraction of sp³-hybridized carbons (Fsp3) is 0.533. The van der Waals surface area contributed by atoms with Crippen molar-refractivity contribution in [1.82, 2.24) is 10.2 Å². The van der Waals surface area contributed by atoms with Gasteiger partial charge in [0.2, 0.25) is 5.91 Å². The van der Waals surface area contributed by atoms with Crippen molar-refractivity contribution in [3.05, 3.63) is 35.4 Å². The fourth-order valence-corrected chi connectivity index (χ4v) is 2.63. The number of amides is 1. The minimum atomic E-state index is -0.366. The molecule has 5 heteroatoms. The average Bonchev–Trinajstić information content (AvgIpc) is 2.68. The van der Waals surface area contributed by atoms with Gasteiger partial charge < -0.3 is 11.1 Å². The molecule has 0 aliphatic carbocycles. The molecule has 3 N–H and O–H groups in total. The number of benzene rings is 1. The second kappa shape index (κ2) is 8.25. The lowest BCUT2D eigenvalue weighted by molar-refractivity contribution is 0.100. The molecule has 1 amide bonds. The van der Waals surface area contributed by atoms with E-state index in [1.807, 2.05) is 12.1 Å². The predicted octanol–water partition coefficient (Wildman–Crippen LogP) is 1.78. The van der Waals surface area contributed by atoms with Crippen LogP contribution in [-0.2, 0) is 6.54 Å². The van der Waals surface area contributed by atoms with E-state index in [0.717, 1.165) is 19.6 Å². The zero-order valence-corrected chi connectivity index (χ0v) is 12.8. The summed E-state index contributed by atoms with van der Waals surface area (Å²) in [7, 11) is 2.18. The fourth-order valence-electron chi connectivity index (χ4n) is 2.63. The van der Waals surface area contributed by atoms with Gasteiger partial charge >= 0.3 is 0 Å². The number of carbonyl (C=O) groups excluding carboxylic acids is 1. The molecule has 112 valence electrons. The summed E-state index contributed by atoms with van der Waals surface area (Å²) in [5.41, 5.74) is 7.04. The topological polar surface area (TPSA) is 58.4 Å². The summed E-state index contributed by atoms with van der Waals surface area (Å²) in [6.07, 6.45) is 3.70. The summed E-state index contributed by atoms with van der Waals surface area (Å²) in [5, 5.41) is 3.44. The minimum Gasteiger partial charge on any atom is -0.366 e. The monoisotopic (exact) mass is 297 g/mol. The van der Waals surface area contributed by atoms with Gasteiger partial charge in [0.05, 0.1) is 0 Å². The number of primary amides is 1. The Morgan fingerprint density at radius 1 is 1.30 bits per heavy atom. The summed E-state index contributed by atoms with van der Waals surface area (Å²) in [6.45, 7) is 3.16. The van der Waals surface area contributed by atoms with E-state index in [9.17, 15) is 4.79 Å². The molecule has 0 saturated carbocycles.